The van der Waals surface area contributed by atoms with E-state index in [1.807, 2.05) is 34.5 Å². The molecule has 4 rings (SSSR count). The third kappa shape index (κ3) is 6.03. The summed E-state index contributed by atoms with van der Waals surface area (Å²) in [6, 6.07) is 14.7. The Morgan fingerprint density at radius 3 is 2.42 bits per heavy atom. The molecule has 3 aromatic rings. The van der Waals surface area contributed by atoms with Crippen LogP contribution < -0.4 is 15.0 Å². The zero-order chi connectivity index (χ0) is 23.2. The van der Waals surface area contributed by atoms with Crippen LogP contribution in [0.4, 0.5) is 10.8 Å². The van der Waals surface area contributed by atoms with Gasteiger partial charge < -0.3 is 14.5 Å². The minimum atomic E-state index is -0.238. The molecule has 0 spiro atoms. The fraction of sp³-hybridized carbons (Fsp3) is 0.292. The van der Waals surface area contributed by atoms with E-state index in [2.05, 4.69) is 15.2 Å². The summed E-state index contributed by atoms with van der Waals surface area (Å²) in [7, 11) is 1.66. The maximum Gasteiger partial charge on any atom is 0.257 e. The van der Waals surface area contributed by atoms with Crippen molar-refractivity contribution in [2.75, 3.05) is 43.5 Å². The lowest BCUT2D eigenvalue weighted by Gasteiger charge is -2.36. The van der Waals surface area contributed by atoms with E-state index in [4.69, 9.17) is 16.3 Å². The van der Waals surface area contributed by atoms with Gasteiger partial charge in [-0.2, -0.15) is 0 Å². The van der Waals surface area contributed by atoms with Crippen LogP contribution in [0, 0.1) is 0 Å². The number of thiazole rings is 1. The number of ether oxygens (including phenoxy) is 1. The van der Waals surface area contributed by atoms with Crippen LogP contribution in [0.15, 0.2) is 53.9 Å². The molecule has 0 aliphatic carbocycles. The fourth-order valence-corrected chi connectivity index (χ4v) is 4.52. The van der Waals surface area contributed by atoms with Crippen LogP contribution in [-0.2, 0) is 11.2 Å². The van der Waals surface area contributed by atoms with Gasteiger partial charge in [-0.05, 0) is 55.0 Å². The van der Waals surface area contributed by atoms with Crippen molar-refractivity contribution in [3.05, 3.63) is 70.2 Å². The summed E-state index contributed by atoms with van der Waals surface area (Å²) in [6.45, 7) is 3.00. The highest BCUT2D eigenvalue weighted by Crippen LogP contribution is 2.22. The number of carbonyl (C=O) groups excluding carboxylic acids is 2. The van der Waals surface area contributed by atoms with E-state index in [-0.39, 0.29) is 11.8 Å². The van der Waals surface area contributed by atoms with Gasteiger partial charge in [0.15, 0.2) is 5.13 Å². The second-order valence-corrected chi connectivity index (χ2v) is 8.97. The number of benzene rings is 2. The number of anilines is 2. The topological polar surface area (TPSA) is 74.8 Å². The van der Waals surface area contributed by atoms with Crippen LogP contribution in [-0.4, -0.2) is 55.0 Å². The van der Waals surface area contributed by atoms with Gasteiger partial charge in [-0.25, -0.2) is 4.98 Å². The van der Waals surface area contributed by atoms with Gasteiger partial charge in [0.25, 0.3) is 5.91 Å². The first kappa shape index (κ1) is 23.1. The molecule has 2 aromatic carbocycles. The van der Waals surface area contributed by atoms with E-state index in [0.717, 1.165) is 30.2 Å². The lowest BCUT2D eigenvalue weighted by Crippen LogP contribution is -2.48. The molecule has 2 heterocycles. The van der Waals surface area contributed by atoms with Crippen LogP contribution >= 0.6 is 22.9 Å². The van der Waals surface area contributed by atoms with Crippen molar-refractivity contribution >= 4 is 45.6 Å². The number of rotatable bonds is 7. The van der Waals surface area contributed by atoms with Crippen LogP contribution in [0.5, 0.6) is 5.75 Å². The van der Waals surface area contributed by atoms with E-state index in [9.17, 15) is 9.59 Å². The number of halogens is 1. The first-order valence-electron chi connectivity index (χ1n) is 10.7. The molecule has 7 nitrogen and oxygen atoms in total. The van der Waals surface area contributed by atoms with Crippen molar-refractivity contribution < 1.29 is 14.3 Å². The predicted molar refractivity (Wildman–Crippen MR) is 132 cm³/mol. The van der Waals surface area contributed by atoms with Crippen molar-refractivity contribution in [3.8, 4) is 5.75 Å². The number of nitrogens with one attached hydrogen (secondary N) is 1. The average Bonchev–Trinajstić information content (AvgIpc) is 3.30. The number of methoxy groups -OCH3 is 1. The third-order valence-corrected chi connectivity index (χ3v) is 6.60. The number of aryl methyl sites for hydroxylation is 1. The Hall–Kier alpha value is -3.10. The van der Waals surface area contributed by atoms with Crippen molar-refractivity contribution in [3.63, 3.8) is 0 Å². The standard InChI is InChI=1S/C24H25ClN4O3S/c1-32-21-9-7-20(8-10-21)28-12-14-29(15-13-28)22(30)11-6-19-16-33-24(26-19)27-23(31)17-2-4-18(25)5-3-17/h2-5,7-10,16H,6,11-15H2,1H3,(H,26,27,31). The monoisotopic (exact) mass is 484 g/mol. The molecular weight excluding hydrogens is 460 g/mol. The zero-order valence-corrected chi connectivity index (χ0v) is 19.9. The molecule has 0 bridgehead atoms. The minimum Gasteiger partial charge on any atom is -0.497 e. The van der Waals surface area contributed by atoms with Crippen LogP contribution in [0.2, 0.25) is 5.02 Å². The number of aromatic nitrogens is 1. The van der Waals surface area contributed by atoms with Crippen molar-refractivity contribution in [1.82, 2.24) is 9.88 Å². The summed E-state index contributed by atoms with van der Waals surface area (Å²) in [6.07, 6.45) is 0.946. The van der Waals surface area contributed by atoms with Crippen molar-refractivity contribution in [1.29, 1.82) is 0 Å². The molecule has 0 radical (unpaired) electrons. The maximum atomic E-state index is 12.7. The molecule has 0 unspecified atom stereocenters. The number of nitrogens with zero attached hydrogens (tertiary/aromatic N) is 3. The molecule has 1 saturated heterocycles. The van der Waals surface area contributed by atoms with Gasteiger partial charge in [0.1, 0.15) is 5.75 Å². The Morgan fingerprint density at radius 1 is 1.06 bits per heavy atom. The molecule has 9 heteroatoms. The number of piperazine rings is 1. The van der Waals surface area contributed by atoms with Gasteiger partial charge in [-0.3, -0.25) is 14.9 Å². The minimum absolute atomic E-state index is 0.129. The molecule has 0 atom stereocenters. The van der Waals surface area contributed by atoms with Gasteiger partial charge in [-0.15, -0.1) is 11.3 Å². The van der Waals surface area contributed by atoms with E-state index < -0.39 is 0 Å². The lowest BCUT2D eigenvalue weighted by atomic mass is 10.2. The molecule has 33 heavy (non-hydrogen) atoms. The maximum absolute atomic E-state index is 12.7. The average molecular weight is 485 g/mol. The Bertz CT molecular complexity index is 1090. The van der Waals surface area contributed by atoms with Gasteiger partial charge in [0.2, 0.25) is 5.91 Å². The zero-order valence-electron chi connectivity index (χ0n) is 18.3. The first-order chi connectivity index (χ1) is 16.0. The first-order valence-corrected chi connectivity index (χ1v) is 12.0. The Morgan fingerprint density at radius 2 is 1.76 bits per heavy atom. The normalized spacial score (nSPS) is 13.6. The van der Waals surface area contributed by atoms with Crippen LogP contribution in [0.1, 0.15) is 22.5 Å². The highest BCUT2D eigenvalue weighted by atomic mass is 35.5. The molecule has 1 aromatic heterocycles. The van der Waals surface area contributed by atoms with Crippen LogP contribution in [0.3, 0.4) is 0 Å². The number of hydrogen-bond donors (Lipinski definition) is 1. The summed E-state index contributed by atoms with van der Waals surface area (Å²) >= 11 is 7.22. The molecule has 1 aliphatic heterocycles. The predicted octanol–water partition coefficient (Wildman–Crippen LogP) is 4.34. The highest BCUT2D eigenvalue weighted by molar-refractivity contribution is 7.14. The molecule has 0 saturated carbocycles. The van der Waals surface area contributed by atoms with E-state index in [1.165, 1.54) is 11.3 Å². The molecule has 1 N–H and O–H groups in total. The Kier molecular flexibility index (Phi) is 7.47. The van der Waals surface area contributed by atoms with Gasteiger partial charge in [-0.1, -0.05) is 11.6 Å². The summed E-state index contributed by atoms with van der Waals surface area (Å²) in [5.41, 5.74) is 2.45. The van der Waals surface area contributed by atoms with E-state index >= 15 is 0 Å². The summed E-state index contributed by atoms with van der Waals surface area (Å²) in [5, 5.41) is 5.77. The summed E-state index contributed by atoms with van der Waals surface area (Å²) < 4.78 is 5.21. The molecular formula is C24H25ClN4O3S. The summed E-state index contributed by atoms with van der Waals surface area (Å²) in [4.78, 5) is 33.6. The van der Waals surface area contributed by atoms with Gasteiger partial charge in [0.05, 0.1) is 12.8 Å². The second-order valence-electron chi connectivity index (χ2n) is 7.67. The SMILES string of the molecule is COc1ccc(N2CCN(C(=O)CCc3csc(NC(=O)c4ccc(Cl)cc4)n3)CC2)cc1. The van der Waals surface area contributed by atoms with Gasteiger partial charge in [0, 0.05) is 54.3 Å². The number of amides is 2. The highest BCUT2D eigenvalue weighted by Gasteiger charge is 2.21. The molecule has 172 valence electrons. The van der Waals surface area contributed by atoms with E-state index in [1.54, 1.807) is 31.4 Å². The van der Waals surface area contributed by atoms with Crippen molar-refractivity contribution in [2.24, 2.45) is 0 Å². The second kappa shape index (κ2) is 10.7. The number of carbonyl (C=O) groups is 2. The Labute approximate surface area is 201 Å². The van der Waals surface area contributed by atoms with Crippen molar-refractivity contribution in [2.45, 2.75) is 12.8 Å². The lowest BCUT2D eigenvalue weighted by molar-refractivity contribution is -0.131. The largest absolute Gasteiger partial charge is 0.497 e. The van der Waals surface area contributed by atoms with E-state index in [0.29, 0.717) is 41.6 Å². The van der Waals surface area contributed by atoms with Gasteiger partial charge >= 0.3 is 0 Å². The number of hydrogen-bond acceptors (Lipinski definition) is 6. The smallest absolute Gasteiger partial charge is 0.257 e. The molecule has 1 aliphatic rings. The van der Waals surface area contributed by atoms with Crippen LogP contribution in [0.25, 0.3) is 0 Å². The fourth-order valence-electron chi connectivity index (χ4n) is 3.65. The molecule has 2 amide bonds. The quantitative estimate of drug-likeness (QED) is 0.540. The molecule has 1 fully saturated rings. The summed E-state index contributed by atoms with van der Waals surface area (Å²) in [5.74, 6) is 0.727. The third-order valence-electron chi connectivity index (χ3n) is 5.54. The Balaban J connectivity index is 1.23.